The maximum Gasteiger partial charge on any atom is 0.373 e. The van der Waals surface area contributed by atoms with E-state index in [1.54, 1.807) is 4.90 Å². The Morgan fingerprint density at radius 2 is 1.56 bits per heavy atom. The van der Waals surface area contributed by atoms with Crippen LogP contribution in [0.3, 0.4) is 0 Å². The summed E-state index contributed by atoms with van der Waals surface area (Å²) < 4.78 is 0. The van der Waals surface area contributed by atoms with E-state index in [9.17, 15) is 9.90 Å². The van der Waals surface area contributed by atoms with Crippen molar-refractivity contribution in [2.45, 2.75) is 13.1 Å². The molecule has 25 heavy (non-hydrogen) atoms. The molecule has 3 rings (SSSR count). The molecule has 0 atom stereocenters. The monoisotopic (exact) mass is 335 g/mol. The van der Waals surface area contributed by atoms with Gasteiger partial charge in [-0.1, -0.05) is 60.7 Å². The number of benzene rings is 2. The fourth-order valence-corrected chi connectivity index (χ4v) is 2.41. The van der Waals surface area contributed by atoms with Gasteiger partial charge in [0.2, 0.25) is 5.84 Å². The Balaban J connectivity index is 1.94. The van der Waals surface area contributed by atoms with Crippen molar-refractivity contribution in [3.8, 4) is 0 Å². The third-order valence-electron chi connectivity index (χ3n) is 3.53. The molecule has 126 valence electrons. The van der Waals surface area contributed by atoms with Crippen molar-refractivity contribution in [3.63, 3.8) is 0 Å². The van der Waals surface area contributed by atoms with E-state index in [1.165, 1.54) is 12.7 Å². The average molecular weight is 335 g/mol. The molecule has 1 aromatic heterocycles. The zero-order valence-corrected chi connectivity index (χ0v) is 13.4. The van der Waals surface area contributed by atoms with E-state index in [4.69, 9.17) is 0 Å². The van der Waals surface area contributed by atoms with Gasteiger partial charge in [-0.15, -0.1) is 15.0 Å². The molecule has 2 aromatic carbocycles. The van der Waals surface area contributed by atoms with Crippen molar-refractivity contribution in [3.05, 3.63) is 84.4 Å². The number of hydrogen-bond donors (Lipinski definition) is 1. The van der Waals surface area contributed by atoms with Crippen LogP contribution in [0, 0.1) is 0 Å². The van der Waals surface area contributed by atoms with Crippen molar-refractivity contribution < 1.29 is 9.90 Å². The summed E-state index contributed by atoms with van der Waals surface area (Å²) in [7, 11) is 0. The zero-order chi connectivity index (χ0) is 17.5. The molecule has 3 aromatic rings. The molecule has 0 aliphatic rings. The minimum absolute atomic E-state index is 0.0989. The summed E-state index contributed by atoms with van der Waals surface area (Å²) in [4.78, 5) is 18.5. The van der Waals surface area contributed by atoms with Crippen LogP contribution in [-0.2, 0) is 17.9 Å². The second-order valence-corrected chi connectivity index (χ2v) is 5.37. The number of aromatic nitrogens is 3. The first-order valence-corrected chi connectivity index (χ1v) is 7.72. The van der Waals surface area contributed by atoms with Crippen molar-refractivity contribution in [1.29, 1.82) is 0 Å². The second-order valence-electron chi connectivity index (χ2n) is 5.37. The number of carboxylic acid groups (broad SMARTS) is 1. The van der Waals surface area contributed by atoms with Gasteiger partial charge in [0.1, 0.15) is 12.7 Å². The van der Waals surface area contributed by atoms with Crippen molar-refractivity contribution in [1.82, 2.24) is 19.8 Å². The Morgan fingerprint density at radius 3 is 2.00 bits per heavy atom. The van der Waals surface area contributed by atoms with Gasteiger partial charge in [-0.25, -0.2) is 9.78 Å². The molecule has 0 fully saturated rings. The molecule has 0 spiro atoms. The van der Waals surface area contributed by atoms with Crippen LogP contribution in [0.15, 0.2) is 78.4 Å². The van der Waals surface area contributed by atoms with Gasteiger partial charge in [0.05, 0.1) is 0 Å². The van der Waals surface area contributed by atoms with Crippen LogP contribution in [-0.4, -0.2) is 36.7 Å². The largest absolute Gasteiger partial charge is 0.475 e. The normalized spacial score (nSPS) is 11.3. The van der Waals surface area contributed by atoms with Crippen LogP contribution < -0.4 is 0 Å². The molecule has 0 saturated carbocycles. The lowest BCUT2D eigenvalue weighted by Crippen LogP contribution is -2.36. The average Bonchev–Trinajstić information content (AvgIpc) is 3.14. The third-order valence-corrected chi connectivity index (χ3v) is 3.53. The summed E-state index contributed by atoms with van der Waals surface area (Å²) in [6.45, 7) is 0.825. The Bertz CT molecular complexity index is 791. The predicted molar refractivity (Wildman–Crippen MR) is 92.6 cm³/mol. The first-order chi connectivity index (χ1) is 12.2. The molecular weight excluding hydrogens is 318 g/mol. The second kappa shape index (κ2) is 7.87. The maximum atomic E-state index is 11.8. The van der Waals surface area contributed by atoms with Gasteiger partial charge in [0.25, 0.3) is 0 Å². The van der Waals surface area contributed by atoms with Gasteiger partial charge in [0, 0.05) is 13.1 Å². The zero-order valence-electron chi connectivity index (χ0n) is 13.4. The summed E-state index contributed by atoms with van der Waals surface area (Å²) >= 11 is 0. The molecule has 1 heterocycles. The van der Waals surface area contributed by atoms with Gasteiger partial charge in [-0.2, -0.15) is 0 Å². The fourth-order valence-electron chi connectivity index (χ4n) is 2.41. The van der Waals surface area contributed by atoms with Gasteiger partial charge in [-0.05, 0) is 11.1 Å². The summed E-state index contributed by atoms with van der Waals surface area (Å²) in [6, 6.07) is 19.3. The number of aliphatic carboxylic acids is 1. The Hall–Kier alpha value is -3.48. The van der Waals surface area contributed by atoms with E-state index < -0.39 is 5.97 Å². The Kier molecular flexibility index (Phi) is 5.16. The quantitative estimate of drug-likeness (QED) is 0.571. The van der Waals surface area contributed by atoms with Crippen LogP contribution >= 0.6 is 0 Å². The van der Waals surface area contributed by atoms with E-state index >= 15 is 0 Å². The molecule has 0 unspecified atom stereocenters. The molecule has 7 heteroatoms. The van der Waals surface area contributed by atoms with Crippen LogP contribution in [0.1, 0.15) is 11.1 Å². The highest BCUT2D eigenvalue weighted by Crippen LogP contribution is 2.11. The van der Waals surface area contributed by atoms with Gasteiger partial charge >= 0.3 is 5.97 Å². The van der Waals surface area contributed by atoms with Crippen molar-refractivity contribution >= 4 is 11.8 Å². The minimum atomic E-state index is -1.12. The number of amidine groups is 1. The molecule has 0 radical (unpaired) electrons. The lowest BCUT2D eigenvalue weighted by Gasteiger charge is -2.24. The summed E-state index contributed by atoms with van der Waals surface area (Å²) in [5.74, 6) is -1.22. The molecule has 1 N–H and O–H groups in total. The number of carboxylic acids is 1. The first kappa shape index (κ1) is 16.4. The summed E-state index contributed by atoms with van der Waals surface area (Å²) in [6.07, 6.45) is 2.66. The molecule has 0 bridgehead atoms. The van der Waals surface area contributed by atoms with Gasteiger partial charge in [0.15, 0.2) is 0 Å². The van der Waals surface area contributed by atoms with E-state index in [-0.39, 0.29) is 5.84 Å². The summed E-state index contributed by atoms with van der Waals surface area (Å²) in [5, 5.41) is 17.6. The molecule has 0 aliphatic heterocycles. The van der Waals surface area contributed by atoms with E-state index in [1.807, 2.05) is 60.7 Å². The Morgan fingerprint density at radius 1 is 1.00 bits per heavy atom. The third kappa shape index (κ3) is 4.51. The van der Waals surface area contributed by atoms with Gasteiger partial charge < -0.3 is 10.0 Å². The van der Waals surface area contributed by atoms with Crippen LogP contribution in [0.25, 0.3) is 0 Å². The first-order valence-electron chi connectivity index (χ1n) is 7.72. The van der Waals surface area contributed by atoms with Crippen LogP contribution in [0.4, 0.5) is 0 Å². The predicted octanol–water partition coefficient (Wildman–Crippen LogP) is 2.23. The maximum absolute atomic E-state index is 11.8. The van der Waals surface area contributed by atoms with E-state index in [2.05, 4.69) is 15.2 Å². The molecule has 0 amide bonds. The van der Waals surface area contributed by atoms with E-state index in [0.717, 1.165) is 15.9 Å². The fraction of sp³-hybridized carbons (Fsp3) is 0.111. The van der Waals surface area contributed by atoms with Gasteiger partial charge in [-0.3, -0.25) is 0 Å². The lowest BCUT2D eigenvalue weighted by molar-refractivity contribution is -0.130. The van der Waals surface area contributed by atoms with Crippen LogP contribution in [0.5, 0.6) is 0 Å². The smallest absolute Gasteiger partial charge is 0.373 e. The SMILES string of the molecule is O=C(O)/C(=N\n1cncn1)N(Cc1ccccc1)Cc1ccccc1. The topological polar surface area (TPSA) is 83.6 Å². The highest BCUT2D eigenvalue weighted by atomic mass is 16.4. The number of rotatable bonds is 5. The van der Waals surface area contributed by atoms with Crippen LogP contribution in [0.2, 0.25) is 0 Å². The summed E-state index contributed by atoms with van der Waals surface area (Å²) in [5.41, 5.74) is 1.98. The number of carbonyl (C=O) groups is 1. The Labute approximate surface area is 144 Å². The molecular formula is C18H17N5O2. The van der Waals surface area contributed by atoms with Crippen molar-refractivity contribution in [2.75, 3.05) is 0 Å². The number of hydrogen-bond acceptors (Lipinski definition) is 4. The number of nitrogens with zero attached hydrogens (tertiary/aromatic N) is 5. The molecule has 0 aliphatic carbocycles. The standard InChI is InChI=1S/C18H17N5O2/c24-18(25)17(21-23-14-19-13-20-23)22(11-15-7-3-1-4-8-15)12-16-9-5-2-6-10-16/h1-10,13-14H,11-12H2,(H,24,25)/b21-17+. The molecule has 7 nitrogen and oxygen atoms in total. The highest BCUT2D eigenvalue weighted by Gasteiger charge is 2.20. The highest BCUT2D eigenvalue weighted by molar-refractivity contribution is 6.34. The lowest BCUT2D eigenvalue weighted by atomic mass is 10.1. The molecule has 0 saturated heterocycles. The van der Waals surface area contributed by atoms with Crippen molar-refractivity contribution in [2.24, 2.45) is 5.10 Å². The minimum Gasteiger partial charge on any atom is -0.475 e. The van der Waals surface area contributed by atoms with E-state index in [0.29, 0.717) is 13.1 Å².